The number of aryl methyl sites for hydroxylation is 1. The van der Waals surface area contributed by atoms with E-state index in [-0.39, 0.29) is 31.6 Å². The number of hydrogen-bond donors (Lipinski definition) is 3. The minimum absolute atomic E-state index is 0.0299. The molecule has 0 bridgehead atoms. The van der Waals surface area contributed by atoms with Crippen LogP contribution in [0.25, 0.3) is 0 Å². The van der Waals surface area contributed by atoms with Crippen LogP contribution in [0.2, 0.25) is 0 Å². The molecule has 4 N–H and O–H groups in total. The van der Waals surface area contributed by atoms with E-state index in [2.05, 4.69) is 10.6 Å². The summed E-state index contributed by atoms with van der Waals surface area (Å²) in [5.41, 5.74) is 8.88. The summed E-state index contributed by atoms with van der Waals surface area (Å²) in [6.45, 7) is 6.39. The van der Waals surface area contributed by atoms with Gasteiger partial charge in [-0.05, 0) is 54.5 Å². The van der Waals surface area contributed by atoms with Crippen LogP contribution in [0.5, 0.6) is 0 Å². The summed E-state index contributed by atoms with van der Waals surface area (Å²) in [7, 11) is -2.39. The van der Waals surface area contributed by atoms with Crippen molar-refractivity contribution in [1.29, 1.82) is 0 Å². The Balaban J connectivity index is 2.32. The van der Waals surface area contributed by atoms with Gasteiger partial charge < -0.3 is 25.8 Å². The maximum atomic E-state index is 13.9. The molecule has 2 rings (SSSR count). The van der Waals surface area contributed by atoms with Crippen molar-refractivity contribution in [1.82, 2.24) is 10.6 Å². The van der Waals surface area contributed by atoms with E-state index in [4.69, 9.17) is 15.2 Å². The minimum Gasteiger partial charge on any atom is -0.458 e. The van der Waals surface area contributed by atoms with Crippen LogP contribution in [0.15, 0.2) is 42.5 Å². The molecule has 0 spiro atoms. The molecule has 1 amide bonds. The second-order valence-corrected chi connectivity index (χ2v) is 13.6. The van der Waals surface area contributed by atoms with Gasteiger partial charge in [0.2, 0.25) is 5.91 Å². The number of amides is 1. The zero-order chi connectivity index (χ0) is 33.4. The highest BCUT2D eigenvalue weighted by atomic mass is 32.2. The molecule has 12 heteroatoms. The first-order valence-electron chi connectivity index (χ1n) is 15.6. The summed E-state index contributed by atoms with van der Waals surface area (Å²) in [5, 5.41) is 5.08. The van der Waals surface area contributed by atoms with Crippen molar-refractivity contribution >= 4 is 21.7 Å². The zero-order valence-corrected chi connectivity index (χ0v) is 27.6. The highest BCUT2D eigenvalue weighted by Gasteiger charge is 2.35. The Labute approximate surface area is 266 Å². The van der Waals surface area contributed by atoms with E-state index in [1.165, 1.54) is 7.11 Å². The Morgan fingerprint density at radius 3 is 2.20 bits per heavy atom. The Kier molecular flexibility index (Phi) is 16.6. The lowest BCUT2D eigenvalue weighted by Crippen LogP contribution is -2.52. The molecule has 45 heavy (non-hydrogen) atoms. The van der Waals surface area contributed by atoms with Gasteiger partial charge in [-0.15, -0.1) is 0 Å². The van der Waals surface area contributed by atoms with Crippen LogP contribution < -0.4 is 16.4 Å². The molecule has 0 aliphatic rings. The van der Waals surface area contributed by atoms with Gasteiger partial charge in [-0.2, -0.15) is 0 Å². The molecule has 0 aromatic heterocycles. The predicted octanol–water partition coefficient (Wildman–Crippen LogP) is 4.00. The molecule has 2 aromatic rings. The van der Waals surface area contributed by atoms with Crippen LogP contribution in [-0.2, 0) is 48.3 Å². The molecular weight excluding hydrogens is 604 g/mol. The maximum Gasteiger partial charge on any atom is 0.330 e. The quantitative estimate of drug-likeness (QED) is 0.172. The summed E-state index contributed by atoms with van der Waals surface area (Å²) in [6, 6.07) is 8.60. The molecule has 0 aliphatic carbocycles. The summed E-state index contributed by atoms with van der Waals surface area (Å²) >= 11 is 0. The standard InChI is InChI=1S/C33H49F2N3O6S/c1-5-9-28(10-6-2)45(41,42)22-30(38-32(39)13-14-43-4)33(40)44-31(21-37-20-24-12-8-11-23(7-3)15-24)29(36)18-25-16-26(34)19-27(35)17-25/h8,11-12,15-17,19,28-31,37H,5-7,9-10,13-14,18,20-22,36H2,1-4H3,(H,38,39)/t29-,30+,31+/m0/s1. The number of methoxy groups -OCH3 is 1. The van der Waals surface area contributed by atoms with Crippen molar-refractivity contribution < 1.29 is 36.3 Å². The zero-order valence-electron chi connectivity index (χ0n) is 26.8. The number of halogens is 2. The fourth-order valence-electron chi connectivity index (χ4n) is 5.11. The number of hydrogen-bond acceptors (Lipinski definition) is 8. The van der Waals surface area contributed by atoms with Crippen LogP contribution in [-0.4, -0.2) is 69.7 Å². The van der Waals surface area contributed by atoms with E-state index >= 15 is 0 Å². The number of esters is 1. The molecule has 0 radical (unpaired) electrons. The first-order chi connectivity index (χ1) is 21.4. The summed E-state index contributed by atoms with van der Waals surface area (Å²) < 4.78 is 65.4. The summed E-state index contributed by atoms with van der Waals surface area (Å²) in [4.78, 5) is 26.3. The molecule has 0 unspecified atom stereocenters. The van der Waals surface area contributed by atoms with Crippen molar-refractivity contribution in [2.24, 2.45) is 5.73 Å². The smallest absolute Gasteiger partial charge is 0.330 e. The first-order valence-corrected chi connectivity index (χ1v) is 17.3. The molecule has 9 nitrogen and oxygen atoms in total. The van der Waals surface area contributed by atoms with Crippen molar-refractivity contribution in [3.05, 3.63) is 70.8 Å². The molecular formula is C33H49F2N3O6S. The predicted molar refractivity (Wildman–Crippen MR) is 171 cm³/mol. The first kappa shape index (κ1) is 38.3. The van der Waals surface area contributed by atoms with Crippen LogP contribution >= 0.6 is 0 Å². The topological polar surface area (TPSA) is 137 Å². The van der Waals surface area contributed by atoms with E-state index in [0.29, 0.717) is 32.2 Å². The number of rotatable bonds is 21. The number of carbonyl (C=O) groups is 2. The number of carbonyl (C=O) groups excluding carboxylic acids is 2. The van der Waals surface area contributed by atoms with Crippen LogP contribution in [0, 0.1) is 11.6 Å². The average Bonchev–Trinajstić information content (AvgIpc) is 2.98. The van der Waals surface area contributed by atoms with Gasteiger partial charge in [0.15, 0.2) is 9.84 Å². The van der Waals surface area contributed by atoms with E-state index in [9.17, 15) is 26.8 Å². The highest BCUT2D eigenvalue weighted by molar-refractivity contribution is 7.92. The van der Waals surface area contributed by atoms with E-state index in [1.54, 1.807) is 0 Å². The Morgan fingerprint density at radius 2 is 1.60 bits per heavy atom. The molecule has 0 saturated heterocycles. The van der Waals surface area contributed by atoms with Crippen molar-refractivity contribution in [2.45, 2.75) is 95.7 Å². The molecule has 0 saturated carbocycles. The minimum atomic E-state index is -3.81. The third-order valence-corrected chi connectivity index (χ3v) is 9.78. The van der Waals surface area contributed by atoms with Gasteiger partial charge in [-0.3, -0.25) is 4.79 Å². The van der Waals surface area contributed by atoms with Gasteiger partial charge >= 0.3 is 5.97 Å². The lowest BCUT2D eigenvalue weighted by Gasteiger charge is -2.28. The maximum absolute atomic E-state index is 13.9. The number of sulfone groups is 1. The summed E-state index contributed by atoms with van der Waals surface area (Å²) in [6.07, 6.45) is 1.86. The molecule has 0 heterocycles. The van der Waals surface area contributed by atoms with Gasteiger partial charge in [-0.1, -0.05) is 57.9 Å². The SMILES string of the molecule is CCCC(CCC)S(=O)(=O)C[C@@H](NC(=O)CCOC)C(=O)O[C@H](CNCc1cccc(CC)c1)[C@@H](N)Cc1cc(F)cc(F)c1. The Bertz CT molecular complexity index is 1300. The monoisotopic (exact) mass is 653 g/mol. The fourth-order valence-corrected chi connectivity index (χ4v) is 7.25. The average molecular weight is 654 g/mol. The molecule has 0 aliphatic heterocycles. The largest absolute Gasteiger partial charge is 0.458 e. The fraction of sp³-hybridized carbons (Fsp3) is 0.576. The molecule has 0 fully saturated rings. The van der Waals surface area contributed by atoms with Crippen molar-refractivity contribution in [3.8, 4) is 0 Å². The number of nitrogens with one attached hydrogen (secondary N) is 2. The Morgan fingerprint density at radius 1 is 0.956 bits per heavy atom. The van der Waals surface area contributed by atoms with Crippen LogP contribution in [0.1, 0.15) is 69.6 Å². The van der Waals surface area contributed by atoms with E-state index in [1.807, 2.05) is 45.0 Å². The lowest BCUT2D eigenvalue weighted by atomic mass is 10.0. The number of nitrogens with two attached hydrogens (primary N) is 1. The van der Waals surface area contributed by atoms with Crippen molar-refractivity contribution in [3.63, 3.8) is 0 Å². The van der Waals surface area contributed by atoms with E-state index < -0.39 is 62.5 Å². The lowest BCUT2D eigenvalue weighted by molar-refractivity contribution is -0.153. The summed E-state index contributed by atoms with van der Waals surface area (Å²) in [5.74, 6) is -3.70. The molecule has 3 atom stereocenters. The number of benzene rings is 2. The van der Waals surface area contributed by atoms with E-state index in [0.717, 1.165) is 35.7 Å². The molecule has 2 aromatic carbocycles. The van der Waals surface area contributed by atoms with Gasteiger partial charge in [-0.25, -0.2) is 22.0 Å². The van der Waals surface area contributed by atoms with Gasteiger partial charge in [0.25, 0.3) is 0 Å². The second-order valence-electron chi connectivity index (χ2n) is 11.3. The van der Waals surface area contributed by atoms with Gasteiger partial charge in [0, 0.05) is 38.7 Å². The second kappa shape index (κ2) is 19.6. The van der Waals surface area contributed by atoms with Crippen LogP contribution in [0.4, 0.5) is 8.78 Å². The third-order valence-electron chi connectivity index (χ3n) is 7.49. The van der Waals surface area contributed by atoms with Crippen LogP contribution in [0.3, 0.4) is 0 Å². The highest BCUT2D eigenvalue weighted by Crippen LogP contribution is 2.18. The Hall–Kier alpha value is -2.93. The third kappa shape index (κ3) is 13.5. The van der Waals surface area contributed by atoms with Gasteiger partial charge in [0.05, 0.1) is 17.6 Å². The molecule has 252 valence electrons. The number of ether oxygens (including phenoxy) is 2. The van der Waals surface area contributed by atoms with Gasteiger partial charge in [0.1, 0.15) is 23.8 Å². The van der Waals surface area contributed by atoms with Crippen molar-refractivity contribution in [2.75, 3.05) is 26.0 Å². The normalized spacial score (nSPS) is 13.8.